The molecule has 0 bridgehead atoms. The summed E-state index contributed by atoms with van der Waals surface area (Å²) >= 11 is 0. The molecule has 0 saturated heterocycles. The molecule has 178 valence electrons. The summed E-state index contributed by atoms with van der Waals surface area (Å²) in [4.78, 5) is 30.6. The summed E-state index contributed by atoms with van der Waals surface area (Å²) in [6.45, 7) is 5.51. The predicted molar refractivity (Wildman–Crippen MR) is 124 cm³/mol. The number of methoxy groups -OCH3 is 1. The largest absolute Gasteiger partial charge is 0.458 e. The number of esters is 1. The number of aromatic nitrogens is 2. The number of ether oxygens (including phenoxy) is 2. The van der Waals surface area contributed by atoms with E-state index >= 15 is 0 Å². The zero-order valence-electron chi connectivity index (χ0n) is 19.7. The maximum absolute atomic E-state index is 14.5. The Hall–Kier alpha value is -3.10. The van der Waals surface area contributed by atoms with Gasteiger partial charge in [0.25, 0.3) is 5.56 Å². The van der Waals surface area contributed by atoms with Crippen molar-refractivity contribution in [3.63, 3.8) is 0 Å². The van der Waals surface area contributed by atoms with Crippen molar-refractivity contribution < 1.29 is 23.8 Å². The van der Waals surface area contributed by atoms with E-state index < -0.39 is 11.6 Å². The van der Waals surface area contributed by atoms with Crippen molar-refractivity contribution in [3.8, 4) is 11.4 Å². The normalized spacial score (nSPS) is 19.5. The van der Waals surface area contributed by atoms with Crippen LogP contribution < -0.4 is 5.56 Å². The van der Waals surface area contributed by atoms with E-state index in [1.165, 1.54) is 6.07 Å². The molecule has 0 spiro atoms. The number of benzene rings is 1. The van der Waals surface area contributed by atoms with Crippen molar-refractivity contribution in [1.82, 2.24) is 9.55 Å². The van der Waals surface area contributed by atoms with E-state index in [0.29, 0.717) is 35.4 Å². The summed E-state index contributed by atoms with van der Waals surface area (Å²) in [6.07, 6.45) is 1.52. The zero-order chi connectivity index (χ0) is 24.4. The maximum Gasteiger partial charge on any atom is 0.343 e. The molecule has 2 aliphatic heterocycles. The average Bonchev–Trinajstić information content (AvgIpc) is 3.19. The van der Waals surface area contributed by atoms with Crippen LogP contribution in [0.3, 0.4) is 0 Å². The van der Waals surface area contributed by atoms with Crippen LogP contribution in [0.5, 0.6) is 0 Å². The summed E-state index contributed by atoms with van der Waals surface area (Å²) in [7, 11) is 1.66. The number of aryl methyl sites for hydroxylation is 2. The van der Waals surface area contributed by atoms with Crippen LogP contribution in [-0.2, 0) is 39.4 Å². The van der Waals surface area contributed by atoms with E-state index in [-0.39, 0.29) is 41.6 Å². The van der Waals surface area contributed by atoms with Crippen molar-refractivity contribution in [3.05, 3.63) is 62.2 Å². The number of rotatable bonds is 5. The number of aliphatic hydroxyl groups is 1. The molecule has 0 radical (unpaired) electrons. The van der Waals surface area contributed by atoms with Gasteiger partial charge in [0.15, 0.2) is 5.60 Å². The van der Waals surface area contributed by atoms with E-state index in [9.17, 15) is 19.1 Å². The maximum atomic E-state index is 14.5. The van der Waals surface area contributed by atoms with Crippen LogP contribution in [0.4, 0.5) is 4.39 Å². The number of carbonyl (C=O) groups excluding carboxylic acids is 1. The molecule has 3 aromatic rings. The van der Waals surface area contributed by atoms with E-state index in [4.69, 9.17) is 14.5 Å². The monoisotopic (exact) mass is 466 g/mol. The van der Waals surface area contributed by atoms with Crippen LogP contribution in [0, 0.1) is 12.7 Å². The van der Waals surface area contributed by atoms with Crippen molar-refractivity contribution in [2.75, 3.05) is 7.11 Å². The first kappa shape index (κ1) is 22.7. The Balaban J connectivity index is 1.77. The number of carbonyl (C=O) groups is 1. The van der Waals surface area contributed by atoms with Crippen molar-refractivity contribution >= 4 is 16.9 Å². The number of hydrogen-bond donors (Lipinski definition) is 1. The molecule has 0 fully saturated rings. The van der Waals surface area contributed by atoms with Crippen LogP contribution in [0.1, 0.15) is 54.5 Å². The second-order valence-corrected chi connectivity index (χ2v) is 9.22. The minimum Gasteiger partial charge on any atom is -0.458 e. The Morgan fingerprint density at radius 1 is 1.29 bits per heavy atom. The molecule has 5 rings (SSSR count). The van der Waals surface area contributed by atoms with Gasteiger partial charge in [-0.3, -0.25) is 4.79 Å². The molecule has 1 N–H and O–H groups in total. The number of pyridine rings is 2. The lowest BCUT2D eigenvalue weighted by atomic mass is 9.86. The number of halogens is 1. The average molecular weight is 467 g/mol. The van der Waals surface area contributed by atoms with Gasteiger partial charge >= 0.3 is 5.97 Å². The lowest BCUT2D eigenvalue weighted by molar-refractivity contribution is -0.172. The molecular formula is C26H27FN2O5. The number of nitrogens with zero attached hydrogens (tertiary/aromatic N) is 2. The van der Waals surface area contributed by atoms with Gasteiger partial charge in [-0.25, -0.2) is 14.2 Å². The Labute approximate surface area is 196 Å². The second-order valence-electron chi connectivity index (χ2n) is 9.22. The van der Waals surface area contributed by atoms with Gasteiger partial charge in [0.05, 0.1) is 35.1 Å². The first-order valence-electron chi connectivity index (χ1n) is 11.5. The molecule has 2 aromatic heterocycles. The first-order chi connectivity index (χ1) is 16.2. The molecule has 2 aliphatic rings. The summed E-state index contributed by atoms with van der Waals surface area (Å²) < 4.78 is 26.7. The van der Waals surface area contributed by atoms with Gasteiger partial charge in [0, 0.05) is 29.7 Å². The Morgan fingerprint density at radius 3 is 2.76 bits per heavy atom. The van der Waals surface area contributed by atoms with Gasteiger partial charge in [-0.15, -0.1) is 0 Å². The zero-order valence-corrected chi connectivity index (χ0v) is 19.7. The summed E-state index contributed by atoms with van der Waals surface area (Å²) in [5, 5.41) is 11.9. The highest BCUT2D eigenvalue weighted by molar-refractivity contribution is 5.89. The molecule has 0 unspecified atom stereocenters. The van der Waals surface area contributed by atoms with Crippen LogP contribution in [-0.4, -0.2) is 33.8 Å². The van der Waals surface area contributed by atoms with E-state index in [1.807, 2.05) is 13.0 Å². The number of fused-ring (bicyclic) bond motifs is 5. The van der Waals surface area contributed by atoms with Crippen LogP contribution in [0.15, 0.2) is 23.0 Å². The molecule has 0 saturated carbocycles. The topological polar surface area (TPSA) is 90.7 Å². The van der Waals surface area contributed by atoms with Crippen LogP contribution in [0.2, 0.25) is 0 Å². The van der Waals surface area contributed by atoms with Gasteiger partial charge in [0.1, 0.15) is 12.4 Å². The fraction of sp³-hybridized carbons (Fsp3) is 0.423. The van der Waals surface area contributed by atoms with Gasteiger partial charge in [-0.05, 0) is 56.4 Å². The highest BCUT2D eigenvalue weighted by Gasteiger charge is 2.45. The number of cyclic esters (lactones) is 1. The SMILES string of the molecule is CC[C@@]1(O)C(=O)OCc2c1cc1n(c2=O)Cc2c-1nc1cc(F)c(C)cc1c2CC[C@H](C)OC. The second kappa shape index (κ2) is 7.99. The molecule has 4 heterocycles. The van der Waals surface area contributed by atoms with E-state index in [2.05, 4.69) is 0 Å². The third kappa shape index (κ3) is 3.20. The van der Waals surface area contributed by atoms with Crippen molar-refractivity contribution in [2.45, 2.75) is 64.9 Å². The lowest BCUT2D eigenvalue weighted by Gasteiger charge is -2.31. The molecule has 8 heteroatoms. The van der Waals surface area contributed by atoms with Gasteiger partial charge < -0.3 is 19.1 Å². The Morgan fingerprint density at radius 2 is 2.06 bits per heavy atom. The van der Waals surface area contributed by atoms with Gasteiger partial charge in [-0.2, -0.15) is 0 Å². The molecule has 7 nitrogen and oxygen atoms in total. The minimum absolute atomic E-state index is 0.0296. The van der Waals surface area contributed by atoms with E-state index in [1.54, 1.807) is 31.6 Å². The summed E-state index contributed by atoms with van der Waals surface area (Å²) in [5.41, 5.74) is 2.38. The minimum atomic E-state index is -1.89. The molecule has 2 atom stereocenters. The summed E-state index contributed by atoms with van der Waals surface area (Å²) in [5.74, 6) is -1.11. The molecule has 0 aliphatic carbocycles. The summed E-state index contributed by atoms with van der Waals surface area (Å²) in [6, 6.07) is 4.91. The highest BCUT2D eigenvalue weighted by Crippen LogP contribution is 2.40. The fourth-order valence-corrected chi connectivity index (χ4v) is 5.04. The number of hydrogen-bond acceptors (Lipinski definition) is 6. The predicted octanol–water partition coefficient (Wildman–Crippen LogP) is 3.49. The third-order valence-corrected chi connectivity index (χ3v) is 7.29. The smallest absolute Gasteiger partial charge is 0.343 e. The standard InChI is InChI=1S/C26H27FN2O5/c1-5-26(32)19-9-22-23-17(11-29(22)24(30)18(19)12-34-25(26)31)15(7-6-14(3)33-4)16-8-13(2)20(27)10-21(16)28-23/h8-10,14,32H,5-7,11-12H2,1-4H3/t14-,26-/m0/s1. The van der Waals surface area contributed by atoms with Gasteiger partial charge in [-0.1, -0.05) is 6.92 Å². The van der Waals surface area contributed by atoms with Crippen molar-refractivity contribution in [2.24, 2.45) is 0 Å². The lowest BCUT2D eigenvalue weighted by Crippen LogP contribution is -2.44. The third-order valence-electron chi connectivity index (χ3n) is 7.29. The quantitative estimate of drug-likeness (QED) is 0.453. The van der Waals surface area contributed by atoms with E-state index in [0.717, 1.165) is 22.9 Å². The molecule has 0 amide bonds. The first-order valence-corrected chi connectivity index (χ1v) is 11.5. The molecular weight excluding hydrogens is 439 g/mol. The Kier molecular flexibility index (Phi) is 5.33. The molecule has 34 heavy (non-hydrogen) atoms. The van der Waals surface area contributed by atoms with Crippen LogP contribution >= 0.6 is 0 Å². The fourth-order valence-electron chi connectivity index (χ4n) is 5.04. The molecule has 1 aromatic carbocycles. The highest BCUT2D eigenvalue weighted by atomic mass is 19.1. The van der Waals surface area contributed by atoms with Gasteiger partial charge in [0.2, 0.25) is 0 Å². The van der Waals surface area contributed by atoms with Crippen LogP contribution in [0.25, 0.3) is 22.3 Å². The Bertz CT molecular complexity index is 1410. The van der Waals surface area contributed by atoms with Crippen molar-refractivity contribution in [1.29, 1.82) is 0 Å².